The largest absolute Gasteiger partial charge is 0.346 e. The van der Waals surface area contributed by atoms with Crippen LogP contribution in [-0.4, -0.2) is 25.7 Å². The Hall–Kier alpha value is -3.73. The van der Waals surface area contributed by atoms with Crippen LogP contribution >= 0.6 is 11.3 Å². The average molecular weight is 399 g/mol. The normalized spacial score (nSPS) is 10.5. The first-order valence-corrected chi connectivity index (χ1v) is 8.81. The molecule has 0 aliphatic rings. The molecule has 0 aliphatic carbocycles. The summed E-state index contributed by atoms with van der Waals surface area (Å²) in [5, 5.41) is 27.3. The van der Waals surface area contributed by atoms with Gasteiger partial charge in [0, 0.05) is 35.0 Å². The molecule has 0 aliphatic heterocycles. The highest BCUT2D eigenvalue weighted by Gasteiger charge is 2.24. The van der Waals surface area contributed by atoms with E-state index in [0.717, 1.165) is 22.7 Å². The minimum Gasteiger partial charge on any atom is -0.346 e. The molecule has 0 saturated heterocycles. The number of nitro groups is 2. The van der Waals surface area contributed by atoms with Crippen molar-refractivity contribution in [2.24, 2.45) is 0 Å². The standard InChI is InChI=1S/C17H13N5O5S/c1-10-14(6-13(21(24)25)7-15(10)22(26)27)16(23)19-8-12-9-28-17(20-12)11-2-4-18-5-3-11/h2-7,9H,8H2,1H3,(H,19,23). The van der Waals surface area contributed by atoms with Crippen LogP contribution in [0, 0.1) is 27.2 Å². The number of nitrogens with one attached hydrogen (secondary N) is 1. The van der Waals surface area contributed by atoms with Crippen molar-refractivity contribution >= 4 is 28.6 Å². The van der Waals surface area contributed by atoms with Gasteiger partial charge in [0.2, 0.25) is 0 Å². The minimum absolute atomic E-state index is 0.0591. The SMILES string of the molecule is Cc1c(C(=O)NCc2csc(-c3ccncc3)n2)cc([N+](=O)[O-])cc1[N+](=O)[O-]. The van der Waals surface area contributed by atoms with Crippen LogP contribution in [-0.2, 0) is 6.54 Å². The zero-order valence-corrected chi connectivity index (χ0v) is 15.3. The van der Waals surface area contributed by atoms with Crippen molar-refractivity contribution < 1.29 is 14.6 Å². The number of nitro benzene ring substituents is 2. The van der Waals surface area contributed by atoms with Crippen molar-refractivity contribution in [3.63, 3.8) is 0 Å². The topological polar surface area (TPSA) is 141 Å². The van der Waals surface area contributed by atoms with E-state index in [1.807, 2.05) is 12.1 Å². The molecule has 0 saturated carbocycles. The summed E-state index contributed by atoms with van der Waals surface area (Å²) in [6.45, 7) is 1.46. The first-order valence-electron chi connectivity index (χ1n) is 7.93. The summed E-state index contributed by atoms with van der Waals surface area (Å²) in [4.78, 5) is 41.5. The molecule has 0 unspecified atom stereocenters. The second kappa shape index (κ2) is 7.88. The molecule has 11 heteroatoms. The Morgan fingerprint density at radius 1 is 1.18 bits per heavy atom. The first-order chi connectivity index (χ1) is 13.4. The predicted octanol–water partition coefficient (Wildman–Crippen LogP) is 3.26. The lowest BCUT2D eigenvalue weighted by atomic mass is 10.0. The third-order valence-electron chi connectivity index (χ3n) is 3.93. The van der Waals surface area contributed by atoms with Crippen LogP contribution in [0.5, 0.6) is 0 Å². The van der Waals surface area contributed by atoms with Gasteiger partial charge in [0.1, 0.15) is 5.01 Å². The molecule has 0 bridgehead atoms. The minimum atomic E-state index is -0.773. The van der Waals surface area contributed by atoms with Crippen LogP contribution in [0.2, 0.25) is 0 Å². The Balaban J connectivity index is 1.79. The zero-order valence-electron chi connectivity index (χ0n) is 14.5. The maximum atomic E-state index is 12.5. The van der Waals surface area contributed by atoms with E-state index < -0.39 is 27.1 Å². The second-order valence-electron chi connectivity index (χ2n) is 5.71. The smallest absolute Gasteiger partial charge is 0.279 e. The van der Waals surface area contributed by atoms with E-state index in [9.17, 15) is 25.0 Å². The molecule has 0 atom stereocenters. The highest BCUT2D eigenvalue weighted by atomic mass is 32.1. The fraction of sp³-hybridized carbons (Fsp3) is 0.118. The molecule has 10 nitrogen and oxygen atoms in total. The summed E-state index contributed by atoms with van der Waals surface area (Å²) in [6.07, 6.45) is 3.30. The van der Waals surface area contributed by atoms with Gasteiger partial charge in [-0.25, -0.2) is 4.98 Å². The van der Waals surface area contributed by atoms with Gasteiger partial charge in [-0.3, -0.25) is 30.0 Å². The molecule has 3 rings (SSSR count). The molecule has 0 radical (unpaired) electrons. The van der Waals surface area contributed by atoms with Gasteiger partial charge in [-0.05, 0) is 19.1 Å². The Labute approximate surface area is 162 Å². The number of nitrogens with zero attached hydrogens (tertiary/aromatic N) is 4. The summed E-state index contributed by atoms with van der Waals surface area (Å²) in [5.41, 5.74) is 0.434. The number of amides is 1. The van der Waals surface area contributed by atoms with E-state index in [4.69, 9.17) is 0 Å². The number of non-ortho nitro benzene ring substituents is 1. The molecular formula is C17H13N5O5S. The van der Waals surface area contributed by atoms with Gasteiger partial charge in [-0.15, -0.1) is 11.3 Å². The van der Waals surface area contributed by atoms with Crippen LogP contribution < -0.4 is 5.32 Å². The maximum Gasteiger partial charge on any atom is 0.279 e. The summed E-state index contributed by atoms with van der Waals surface area (Å²) in [5.74, 6) is -0.650. The molecule has 0 spiro atoms. The van der Waals surface area contributed by atoms with Crippen LogP contribution in [0.3, 0.4) is 0 Å². The molecule has 0 fully saturated rings. The lowest BCUT2D eigenvalue weighted by Crippen LogP contribution is -2.24. The predicted molar refractivity (Wildman–Crippen MR) is 101 cm³/mol. The van der Waals surface area contributed by atoms with Crippen LogP contribution in [0.1, 0.15) is 21.6 Å². The Morgan fingerprint density at radius 2 is 1.89 bits per heavy atom. The molecule has 3 aromatic rings. The number of rotatable bonds is 6. The van der Waals surface area contributed by atoms with E-state index in [1.165, 1.54) is 18.3 Å². The summed E-state index contributed by atoms with van der Waals surface area (Å²) < 4.78 is 0. The van der Waals surface area contributed by atoms with Crippen molar-refractivity contribution in [1.82, 2.24) is 15.3 Å². The van der Waals surface area contributed by atoms with Gasteiger partial charge in [0.05, 0.1) is 33.7 Å². The number of aromatic nitrogens is 2. The number of hydrogen-bond acceptors (Lipinski definition) is 8. The summed E-state index contributed by atoms with van der Waals surface area (Å²) in [6, 6.07) is 5.49. The average Bonchev–Trinajstić information content (AvgIpc) is 3.15. The van der Waals surface area contributed by atoms with Crippen molar-refractivity contribution in [3.8, 4) is 10.6 Å². The Kier molecular flexibility index (Phi) is 5.36. The lowest BCUT2D eigenvalue weighted by molar-refractivity contribution is -0.394. The zero-order chi connectivity index (χ0) is 20.3. The lowest BCUT2D eigenvalue weighted by Gasteiger charge is -2.07. The van der Waals surface area contributed by atoms with Gasteiger partial charge in [-0.2, -0.15) is 0 Å². The van der Waals surface area contributed by atoms with Crippen molar-refractivity contribution in [2.75, 3.05) is 0 Å². The van der Waals surface area contributed by atoms with E-state index in [-0.39, 0.29) is 17.7 Å². The molecule has 1 aromatic carbocycles. The van der Waals surface area contributed by atoms with Gasteiger partial charge in [0.25, 0.3) is 17.3 Å². The Morgan fingerprint density at radius 3 is 2.54 bits per heavy atom. The molecular weight excluding hydrogens is 386 g/mol. The van der Waals surface area contributed by atoms with Crippen LogP contribution in [0.4, 0.5) is 11.4 Å². The fourth-order valence-electron chi connectivity index (χ4n) is 2.50. The fourth-order valence-corrected chi connectivity index (χ4v) is 3.32. The molecule has 28 heavy (non-hydrogen) atoms. The highest BCUT2D eigenvalue weighted by Crippen LogP contribution is 2.28. The first kappa shape index (κ1) is 19.0. The molecule has 2 heterocycles. The van der Waals surface area contributed by atoms with E-state index in [0.29, 0.717) is 5.69 Å². The number of benzene rings is 1. The second-order valence-corrected chi connectivity index (χ2v) is 6.57. The molecule has 1 N–H and O–H groups in total. The quantitative estimate of drug-likeness (QED) is 0.495. The third-order valence-corrected chi connectivity index (χ3v) is 4.87. The van der Waals surface area contributed by atoms with Gasteiger partial charge >= 0.3 is 0 Å². The van der Waals surface area contributed by atoms with E-state index in [1.54, 1.807) is 17.8 Å². The van der Waals surface area contributed by atoms with Crippen LogP contribution in [0.25, 0.3) is 10.6 Å². The molecule has 2 aromatic heterocycles. The highest BCUT2D eigenvalue weighted by molar-refractivity contribution is 7.13. The molecule has 1 amide bonds. The summed E-state index contributed by atoms with van der Waals surface area (Å²) in [7, 11) is 0. The van der Waals surface area contributed by atoms with E-state index >= 15 is 0 Å². The van der Waals surface area contributed by atoms with Crippen LogP contribution in [0.15, 0.2) is 42.0 Å². The van der Waals surface area contributed by atoms with Crippen molar-refractivity contribution in [1.29, 1.82) is 0 Å². The number of pyridine rings is 1. The van der Waals surface area contributed by atoms with Gasteiger partial charge < -0.3 is 5.32 Å². The van der Waals surface area contributed by atoms with Gasteiger partial charge in [0.15, 0.2) is 0 Å². The molecule has 142 valence electrons. The third kappa shape index (κ3) is 3.99. The number of hydrogen-bond donors (Lipinski definition) is 1. The number of thiazole rings is 1. The van der Waals surface area contributed by atoms with Gasteiger partial charge in [-0.1, -0.05) is 0 Å². The monoisotopic (exact) mass is 399 g/mol. The van der Waals surface area contributed by atoms with Crippen molar-refractivity contribution in [3.05, 3.63) is 79.1 Å². The maximum absolute atomic E-state index is 12.5. The van der Waals surface area contributed by atoms with E-state index in [2.05, 4.69) is 15.3 Å². The summed E-state index contributed by atoms with van der Waals surface area (Å²) >= 11 is 1.40. The number of carbonyl (C=O) groups excluding carboxylic acids is 1. The van der Waals surface area contributed by atoms with Crippen molar-refractivity contribution in [2.45, 2.75) is 13.5 Å². The number of carbonyl (C=O) groups is 1. The Bertz CT molecular complexity index is 1070.